The molecule has 2 N–H and O–H groups in total. The Bertz CT molecular complexity index is 592. The first-order valence-electron chi connectivity index (χ1n) is 7.72. The third kappa shape index (κ3) is 4.28. The van der Waals surface area contributed by atoms with Crippen LogP contribution in [0.25, 0.3) is 0 Å². The first-order chi connectivity index (χ1) is 9.90. The van der Waals surface area contributed by atoms with Gasteiger partial charge in [0.15, 0.2) is 0 Å². The van der Waals surface area contributed by atoms with E-state index < -0.39 is 10.0 Å². The molecule has 0 heterocycles. The normalized spacial score (nSPS) is 16.9. The monoisotopic (exact) mass is 310 g/mol. The zero-order valence-electron chi connectivity index (χ0n) is 13.2. The molecule has 0 radical (unpaired) electrons. The van der Waals surface area contributed by atoms with E-state index in [4.69, 9.17) is 0 Å². The molecule has 0 atom stereocenters. The minimum absolute atomic E-state index is 0.170. The minimum Gasteiger partial charge on any atom is -0.313 e. The molecule has 4 nitrogen and oxygen atoms in total. The lowest BCUT2D eigenvalue weighted by Crippen LogP contribution is -2.29. The van der Waals surface area contributed by atoms with Crippen LogP contribution in [0.4, 0.5) is 0 Å². The van der Waals surface area contributed by atoms with E-state index in [0.717, 1.165) is 31.4 Å². The number of hydrogen-bond donors (Lipinski definition) is 2. The van der Waals surface area contributed by atoms with Gasteiger partial charge in [0.05, 0.1) is 4.90 Å². The van der Waals surface area contributed by atoms with Crippen LogP contribution >= 0.6 is 0 Å². The van der Waals surface area contributed by atoms with Crippen molar-refractivity contribution < 1.29 is 8.42 Å². The second-order valence-electron chi connectivity index (χ2n) is 6.20. The van der Waals surface area contributed by atoms with Crippen molar-refractivity contribution in [1.29, 1.82) is 0 Å². The first-order valence-corrected chi connectivity index (χ1v) is 9.21. The molecule has 1 fully saturated rings. The molecule has 1 aromatic carbocycles. The smallest absolute Gasteiger partial charge is 0.240 e. The SMILES string of the molecule is CCNCc1cc(S(=O)(=O)NCC2(C)CC2)ccc1CC. The van der Waals surface area contributed by atoms with Crippen molar-refractivity contribution in [3.63, 3.8) is 0 Å². The summed E-state index contributed by atoms with van der Waals surface area (Å²) in [6, 6.07) is 5.45. The van der Waals surface area contributed by atoms with Crippen molar-refractivity contribution in [3.05, 3.63) is 29.3 Å². The lowest BCUT2D eigenvalue weighted by atomic mass is 10.1. The predicted molar refractivity (Wildman–Crippen MR) is 85.7 cm³/mol. The summed E-state index contributed by atoms with van der Waals surface area (Å²) in [7, 11) is -3.40. The van der Waals surface area contributed by atoms with E-state index in [0.29, 0.717) is 18.0 Å². The topological polar surface area (TPSA) is 58.2 Å². The molecular weight excluding hydrogens is 284 g/mol. The Morgan fingerprint density at radius 1 is 1.19 bits per heavy atom. The van der Waals surface area contributed by atoms with E-state index >= 15 is 0 Å². The van der Waals surface area contributed by atoms with Gasteiger partial charge in [0.25, 0.3) is 0 Å². The van der Waals surface area contributed by atoms with Crippen LogP contribution in [0.3, 0.4) is 0 Å². The van der Waals surface area contributed by atoms with Gasteiger partial charge >= 0.3 is 0 Å². The number of benzene rings is 1. The van der Waals surface area contributed by atoms with E-state index in [1.165, 1.54) is 5.56 Å². The lowest BCUT2D eigenvalue weighted by Gasteiger charge is -2.14. The molecule has 0 bridgehead atoms. The number of nitrogens with one attached hydrogen (secondary N) is 2. The van der Waals surface area contributed by atoms with Gasteiger partial charge in [-0.2, -0.15) is 0 Å². The summed E-state index contributed by atoms with van der Waals surface area (Å²) in [6.07, 6.45) is 3.12. The fourth-order valence-corrected chi connectivity index (χ4v) is 3.53. The van der Waals surface area contributed by atoms with Gasteiger partial charge < -0.3 is 5.32 Å². The van der Waals surface area contributed by atoms with Crippen LogP contribution in [-0.2, 0) is 23.0 Å². The summed E-state index contributed by atoms with van der Waals surface area (Å²) in [5.74, 6) is 0. The van der Waals surface area contributed by atoms with Gasteiger partial charge in [-0.25, -0.2) is 13.1 Å². The molecule has 21 heavy (non-hydrogen) atoms. The molecule has 1 saturated carbocycles. The zero-order chi connectivity index (χ0) is 15.5. The maximum atomic E-state index is 12.4. The highest BCUT2D eigenvalue weighted by Crippen LogP contribution is 2.44. The lowest BCUT2D eigenvalue weighted by molar-refractivity contribution is 0.530. The standard InChI is InChI=1S/C16H26N2O2S/c1-4-13-6-7-15(10-14(13)11-17-5-2)21(19,20)18-12-16(3)8-9-16/h6-7,10,17-18H,4-5,8-9,11-12H2,1-3H3. The van der Waals surface area contributed by atoms with Crippen LogP contribution in [0, 0.1) is 5.41 Å². The summed E-state index contributed by atoms with van der Waals surface area (Å²) in [6.45, 7) is 8.37. The van der Waals surface area contributed by atoms with E-state index in [9.17, 15) is 8.42 Å². The highest BCUT2D eigenvalue weighted by molar-refractivity contribution is 7.89. The molecule has 1 aliphatic carbocycles. The summed E-state index contributed by atoms with van der Waals surface area (Å²) >= 11 is 0. The Morgan fingerprint density at radius 3 is 2.48 bits per heavy atom. The van der Waals surface area contributed by atoms with Crippen LogP contribution in [0.15, 0.2) is 23.1 Å². The second-order valence-corrected chi connectivity index (χ2v) is 7.97. The third-order valence-corrected chi connectivity index (χ3v) is 5.63. The Hall–Kier alpha value is -0.910. The van der Waals surface area contributed by atoms with Crippen molar-refractivity contribution in [1.82, 2.24) is 10.0 Å². The number of rotatable bonds is 8. The summed E-state index contributed by atoms with van der Waals surface area (Å²) < 4.78 is 27.6. The van der Waals surface area contributed by atoms with E-state index in [1.54, 1.807) is 12.1 Å². The highest BCUT2D eigenvalue weighted by Gasteiger charge is 2.38. The van der Waals surface area contributed by atoms with Gasteiger partial charge in [0.2, 0.25) is 10.0 Å². The van der Waals surface area contributed by atoms with Crippen LogP contribution in [0.2, 0.25) is 0 Å². The van der Waals surface area contributed by atoms with Crippen LogP contribution in [0.5, 0.6) is 0 Å². The van der Waals surface area contributed by atoms with Gasteiger partial charge in [-0.3, -0.25) is 0 Å². The molecule has 118 valence electrons. The molecule has 0 spiro atoms. The molecule has 0 amide bonds. The molecule has 0 aliphatic heterocycles. The van der Waals surface area contributed by atoms with Crippen LogP contribution < -0.4 is 10.0 Å². The van der Waals surface area contributed by atoms with E-state index in [-0.39, 0.29) is 5.41 Å². The van der Waals surface area contributed by atoms with Crippen LogP contribution in [0.1, 0.15) is 44.7 Å². The largest absolute Gasteiger partial charge is 0.313 e. The molecule has 1 aromatic rings. The molecule has 0 aromatic heterocycles. The number of sulfonamides is 1. The average molecular weight is 310 g/mol. The Labute approximate surface area is 128 Å². The fourth-order valence-electron chi connectivity index (χ4n) is 2.28. The van der Waals surface area contributed by atoms with Gasteiger partial charge in [-0.05, 0) is 54.5 Å². The summed E-state index contributed by atoms with van der Waals surface area (Å²) in [5, 5.41) is 3.27. The van der Waals surface area contributed by atoms with Crippen molar-refractivity contribution in [2.75, 3.05) is 13.1 Å². The molecule has 1 aliphatic rings. The predicted octanol–water partition coefficient (Wildman–Crippen LogP) is 2.44. The maximum Gasteiger partial charge on any atom is 0.240 e. The van der Waals surface area contributed by atoms with Crippen molar-refractivity contribution in [2.45, 2.75) is 51.5 Å². The van der Waals surface area contributed by atoms with Gasteiger partial charge in [-0.15, -0.1) is 0 Å². The summed E-state index contributed by atoms with van der Waals surface area (Å²) in [5.41, 5.74) is 2.44. The van der Waals surface area contributed by atoms with Gasteiger partial charge in [0.1, 0.15) is 0 Å². The number of hydrogen-bond acceptors (Lipinski definition) is 3. The summed E-state index contributed by atoms with van der Waals surface area (Å²) in [4.78, 5) is 0.372. The van der Waals surface area contributed by atoms with Crippen molar-refractivity contribution in [2.24, 2.45) is 5.41 Å². The molecule has 0 unspecified atom stereocenters. The quantitative estimate of drug-likeness (QED) is 0.775. The molecule has 5 heteroatoms. The maximum absolute atomic E-state index is 12.4. The Balaban J connectivity index is 2.17. The zero-order valence-corrected chi connectivity index (χ0v) is 14.0. The van der Waals surface area contributed by atoms with Crippen molar-refractivity contribution in [3.8, 4) is 0 Å². The van der Waals surface area contributed by atoms with Crippen molar-refractivity contribution >= 4 is 10.0 Å². The second kappa shape index (κ2) is 6.46. The highest BCUT2D eigenvalue weighted by atomic mass is 32.2. The van der Waals surface area contributed by atoms with E-state index in [2.05, 4.69) is 23.9 Å². The molecular formula is C16H26N2O2S. The third-order valence-electron chi connectivity index (χ3n) is 4.23. The molecule has 0 saturated heterocycles. The first kappa shape index (κ1) is 16.5. The van der Waals surface area contributed by atoms with Gasteiger partial charge in [-0.1, -0.05) is 26.8 Å². The van der Waals surface area contributed by atoms with Gasteiger partial charge in [0, 0.05) is 13.1 Å². The van der Waals surface area contributed by atoms with E-state index in [1.807, 2.05) is 13.0 Å². The Kier molecular flexibility index (Phi) is 5.07. The molecule has 2 rings (SSSR count). The fraction of sp³-hybridized carbons (Fsp3) is 0.625. The Morgan fingerprint density at radius 2 is 1.90 bits per heavy atom. The van der Waals surface area contributed by atoms with Crippen LogP contribution in [-0.4, -0.2) is 21.5 Å². The average Bonchev–Trinajstić information content (AvgIpc) is 3.21. The minimum atomic E-state index is -3.40. The number of aryl methyl sites for hydroxylation is 1.